The van der Waals surface area contributed by atoms with Crippen LogP contribution in [0.1, 0.15) is 23.6 Å². The molecule has 0 radical (unpaired) electrons. The van der Waals surface area contributed by atoms with E-state index in [9.17, 15) is 13.6 Å². The normalized spacial score (nSPS) is 16.4. The Morgan fingerprint density at radius 1 is 1.10 bits per heavy atom. The van der Waals surface area contributed by atoms with Crippen LogP contribution in [0.25, 0.3) is 0 Å². The average molecular weight is 288 g/mol. The summed E-state index contributed by atoms with van der Waals surface area (Å²) in [6.07, 6.45) is 1.70. The van der Waals surface area contributed by atoms with E-state index in [1.165, 1.54) is 17.7 Å². The average Bonchev–Trinajstić information content (AvgIpc) is 2.87. The molecule has 0 spiro atoms. The first-order valence-electron chi connectivity index (χ1n) is 6.74. The quantitative estimate of drug-likeness (QED) is 0.867. The first kappa shape index (κ1) is 13.5. The summed E-state index contributed by atoms with van der Waals surface area (Å²) in [7, 11) is 0. The summed E-state index contributed by atoms with van der Waals surface area (Å²) in [5.41, 5.74) is 2.12. The topological polar surface area (TPSA) is 41.1 Å². The molecule has 2 N–H and O–H groups in total. The van der Waals surface area contributed by atoms with E-state index in [0.29, 0.717) is 0 Å². The van der Waals surface area contributed by atoms with E-state index in [2.05, 4.69) is 10.6 Å². The third-order valence-corrected chi connectivity index (χ3v) is 3.64. The number of nitrogens with one attached hydrogen (secondary N) is 2. The molecule has 0 aliphatic heterocycles. The zero-order valence-corrected chi connectivity index (χ0v) is 11.2. The van der Waals surface area contributed by atoms with Crippen molar-refractivity contribution in [3.63, 3.8) is 0 Å². The Morgan fingerprint density at radius 2 is 1.90 bits per heavy atom. The Morgan fingerprint density at radius 3 is 2.76 bits per heavy atom. The molecule has 1 unspecified atom stereocenters. The molecule has 21 heavy (non-hydrogen) atoms. The number of anilines is 1. The minimum Gasteiger partial charge on any atom is -0.331 e. The van der Waals surface area contributed by atoms with Crippen molar-refractivity contribution in [1.29, 1.82) is 0 Å². The highest BCUT2D eigenvalue weighted by atomic mass is 19.2. The molecule has 0 heterocycles. The van der Waals surface area contributed by atoms with Gasteiger partial charge in [0, 0.05) is 0 Å². The monoisotopic (exact) mass is 288 g/mol. The van der Waals surface area contributed by atoms with Crippen LogP contribution in [0.15, 0.2) is 42.5 Å². The third kappa shape index (κ3) is 2.72. The van der Waals surface area contributed by atoms with Gasteiger partial charge in [0.05, 0.1) is 11.7 Å². The molecule has 108 valence electrons. The van der Waals surface area contributed by atoms with Crippen molar-refractivity contribution in [2.75, 3.05) is 5.32 Å². The highest BCUT2D eigenvalue weighted by molar-refractivity contribution is 5.89. The molecule has 2 aromatic rings. The maximum atomic E-state index is 13.5. The maximum absolute atomic E-state index is 13.5. The fourth-order valence-electron chi connectivity index (χ4n) is 2.62. The molecule has 0 saturated carbocycles. The third-order valence-electron chi connectivity index (χ3n) is 3.64. The Labute approximate surface area is 121 Å². The largest absolute Gasteiger partial charge is 0.331 e. The van der Waals surface area contributed by atoms with Gasteiger partial charge < -0.3 is 10.6 Å². The maximum Gasteiger partial charge on any atom is 0.319 e. The van der Waals surface area contributed by atoms with Crippen LogP contribution in [0.5, 0.6) is 0 Å². The molecule has 1 atom stereocenters. The number of amides is 2. The van der Waals surface area contributed by atoms with Crippen LogP contribution in [0, 0.1) is 11.6 Å². The standard InChI is InChI=1S/C16H14F2N2O/c17-12-6-3-7-14(15(12)18)20-16(21)19-13-9-8-10-4-1-2-5-11(10)13/h1-7,13H,8-9H2,(H2,19,20,21). The number of carbonyl (C=O) groups is 1. The Kier molecular flexibility index (Phi) is 3.56. The van der Waals surface area contributed by atoms with Gasteiger partial charge in [-0.25, -0.2) is 13.6 Å². The lowest BCUT2D eigenvalue weighted by atomic mass is 10.1. The number of aryl methyl sites for hydroxylation is 1. The Bertz CT molecular complexity index is 688. The van der Waals surface area contributed by atoms with Gasteiger partial charge in [0.2, 0.25) is 0 Å². The number of rotatable bonds is 2. The van der Waals surface area contributed by atoms with E-state index < -0.39 is 17.7 Å². The molecule has 1 aliphatic carbocycles. The van der Waals surface area contributed by atoms with Crippen molar-refractivity contribution in [1.82, 2.24) is 5.32 Å². The fraction of sp³-hybridized carbons (Fsp3) is 0.188. The second-order valence-electron chi connectivity index (χ2n) is 4.99. The number of carbonyl (C=O) groups excluding carboxylic acids is 1. The highest BCUT2D eigenvalue weighted by Gasteiger charge is 2.23. The van der Waals surface area contributed by atoms with Crippen molar-refractivity contribution in [3.05, 3.63) is 65.2 Å². The molecule has 2 amide bonds. The number of fused-ring (bicyclic) bond motifs is 1. The molecule has 0 bridgehead atoms. The van der Waals surface area contributed by atoms with Gasteiger partial charge >= 0.3 is 6.03 Å². The molecule has 1 aliphatic rings. The molecule has 3 nitrogen and oxygen atoms in total. The second-order valence-corrected chi connectivity index (χ2v) is 4.99. The van der Waals surface area contributed by atoms with Crippen LogP contribution in [0.4, 0.5) is 19.3 Å². The van der Waals surface area contributed by atoms with Gasteiger partial charge in [-0.1, -0.05) is 30.3 Å². The van der Waals surface area contributed by atoms with Crippen molar-refractivity contribution in [3.8, 4) is 0 Å². The lowest BCUT2D eigenvalue weighted by Crippen LogP contribution is -2.31. The van der Waals surface area contributed by atoms with Crippen LogP contribution in [0.2, 0.25) is 0 Å². The highest BCUT2D eigenvalue weighted by Crippen LogP contribution is 2.30. The zero-order chi connectivity index (χ0) is 14.8. The lowest BCUT2D eigenvalue weighted by molar-refractivity contribution is 0.248. The summed E-state index contributed by atoms with van der Waals surface area (Å²) in [5.74, 6) is -2.04. The molecule has 2 aromatic carbocycles. The minimum atomic E-state index is -1.06. The summed E-state index contributed by atoms with van der Waals surface area (Å²) in [6.45, 7) is 0. The van der Waals surface area contributed by atoms with Gasteiger partial charge in [0.1, 0.15) is 0 Å². The van der Waals surface area contributed by atoms with Crippen molar-refractivity contribution < 1.29 is 13.6 Å². The predicted molar refractivity (Wildman–Crippen MR) is 76.0 cm³/mol. The van der Waals surface area contributed by atoms with E-state index in [-0.39, 0.29) is 11.7 Å². The number of benzene rings is 2. The van der Waals surface area contributed by atoms with Crippen LogP contribution < -0.4 is 10.6 Å². The first-order chi connectivity index (χ1) is 10.1. The van der Waals surface area contributed by atoms with Crippen LogP contribution in [-0.2, 0) is 6.42 Å². The Balaban J connectivity index is 1.69. The SMILES string of the molecule is O=C(Nc1cccc(F)c1F)NC1CCc2ccccc21. The molecule has 5 heteroatoms. The van der Waals surface area contributed by atoms with Crippen molar-refractivity contribution in [2.24, 2.45) is 0 Å². The molecule has 0 aromatic heterocycles. The van der Waals surface area contributed by atoms with Crippen molar-refractivity contribution in [2.45, 2.75) is 18.9 Å². The smallest absolute Gasteiger partial charge is 0.319 e. The van der Waals surface area contributed by atoms with Crippen LogP contribution in [-0.4, -0.2) is 6.03 Å². The molecule has 0 saturated heterocycles. The van der Waals surface area contributed by atoms with Crippen LogP contribution in [0.3, 0.4) is 0 Å². The van der Waals surface area contributed by atoms with E-state index >= 15 is 0 Å². The van der Waals surface area contributed by atoms with Crippen molar-refractivity contribution >= 4 is 11.7 Å². The number of halogens is 2. The lowest BCUT2D eigenvalue weighted by Gasteiger charge is -2.15. The number of hydrogen-bond acceptors (Lipinski definition) is 1. The predicted octanol–water partition coefficient (Wildman–Crippen LogP) is 3.77. The van der Waals surface area contributed by atoms with E-state index in [0.717, 1.165) is 24.5 Å². The fourth-order valence-corrected chi connectivity index (χ4v) is 2.62. The van der Waals surface area contributed by atoms with Gasteiger partial charge in [-0.15, -0.1) is 0 Å². The van der Waals surface area contributed by atoms with Gasteiger partial charge in [0.15, 0.2) is 11.6 Å². The summed E-state index contributed by atoms with van der Waals surface area (Å²) in [6, 6.07) is 10.9. The van der Waals surface area contributed by atoms with E-state index in [1.54, 1.807) is 0 Å². The minimum absolute atomic E-state index is 0.0992. The second kappa shape index (κ2) is 5.52. The van der Waals surface area contributed by atoms with Gasteiger partial charge in [0.25, 0.3) is 0 Å². The molecular formula is C16H14F2N2O. The summed E-state index contributed by atoms with van der Waals surface area (Å²) in [5, 5.41) is 5.13. The Hall–Kier alpha value is -2.43. The van der Waals surface area contributed by atoms with E-state index in [1.807, 2.05) is 24.3 Å². The number of hydrogen-bond donors (Lipinski definition) is 2. The summed E-state index contributed by atoms with van der Waals surface area (Å²) < 4.78 is 26.6. The van der Waals surface area contributed by atoms with Gasteiger partial charge in [-0.3, -0.25) is 0 Å². The number of urea groups is 1. The summed E-state index contributed by atoms with van der Waals surface area (Å²) >= 11 is 0. The van der Waals surface area contributed by atoms with Crippen LogP contribution >= 0.6 is 0 Å². The first-order valence-corrected chi connectivity index (χ1v) is 6.74. The van der Waals surface area contributed by atoms with E-state index in [4.69, 9.17) is 0 Å². The van der Waals surface area contributed by atoms with Gasteiger partial charge in [-0.2, -0.15) is 0 Å². The van der Waals surface area contributed by atoms with Gasteiger partial charge in [-0.05, 0) is 36.1 Å². The molecule has 3 rings (SSSR count). The zero-order valence-electron chi connectivity index (χ0n) is 11.2. The summed E-state index contributed by atoms with van der Waals surface area (Å²) in [4.78, 5) is 11.9. The molecular weight excluding hydrogens is 274 g/mol. The molecule has 0 fully saturated rings.